The van der Waals surface area contributed by atoms with E-state index < -0.39 is 0 Å². The van der Waals surface area contributed by atoms with E-state index in [9.17, 15) is 14.0 Å². The highest BCUT2D eigenvalue weighted by molar-refractivity contribution is 5.94. The fourth-order valence-electron chi connectivity index (χ4n) is 4.03. The zero-order valence-electron chi connectivity index (χ0n) is 17.1. The number of nitrogens with zero attached hydrogens (tertiary/aromatic N) is 1. The second kappa shape index (κ2) is 9.68. The number of carbonyl (C=O) groups excluding carboxylic acids is 2. The lowest BCUT2D eigenvalue weighted by Gasteiger charge is -2.29. The molecule has 0 atom stereocenters. The van der Waals surface area contributed by atoms with Crippen molar-refractivity contribution in [2.24, 2.45) is 0 Å². The average Bonchev–Trinajstić information content (AvgIpc) is 3.24. The SMILES string of the molecule is COc1ccc(C(C)=O)cc1CC(=O)N(CCc1ccc(F)cc1)C1CCCC1. The average molecular weight is 397 g/mol. The number of hydrogen-bond donors (Lipinski definition) is 0. The van der Waals surface area contributed by atoms with Crippen LogP contribution < -0.4 is 4.74 Å². The number of Topliss-reactive ketones (excluding diaryl/α,β-unsaturated/α-hetero) is 1. The monoisotopic (exact) mass is 397 g/mol. The molecule has 1 amide bonds. The fourth-order valence-corrected chi connectivity index (χ4v) is 4.03. The molecule has 1 saturated carbocycles. The largest absolute Gasteiger partial charge is 0.496 e. The van der Waals surface area contributed by atoms with Gasteiger partial charge in [0.1, 0.15) is 11.6 Å². The Kier molecular flexibility index (Phi) is 7.02. The minimum absolute atomic E-state index is 0.0367. The lowest BCUT2D eigenvalue weighted by Crippen LogP contribution is -2.41. The molecule has 4 nitrogen and oxygen atoms in total. The molecule has 0 radical (unpaired) electrons. The van der Waals surface area contributed by atoms with Crippen LogP contribution in [-0.4, -0.2) is 36.3 Å². The van der Waals surface area contributed by atoms with Gasteiger partial charge in [-0.1, -0.05) is 25.0 Å². The van der Waals surface area contributed by atoms with Gasteiger partial charge in [0.2, 0.25) is 5.91 Å². The third kappa shape index (κ3) is 5.43. The summed E-state index contributed by atoms with van der Waals surface area (Å²) < 4.78 is 18.6. The van der Waals surface area contributed by atoms with Gasteiger partial charge in [0.15, 0.2) is 5.78 Å². The highest BCUT2D eigenvalue weighted by Gasteiger charge is 2.27. The number of rotatable bonds is 8. The van der Waals surface area contributed by atoms with Gasteiger partial charge < -0.3 is 9.64 Å². The quantitative estimate of drug-likeness (QED) is 0.612. The number of carbonyl (C=O) groups is 2. The Bertz CT molecular complexity index is 857. The van der Waals surface area contributed by atoms with Crippen LogP contribution in [0.3, 0.4) is 0 Å². The van der Waals surface area contributed by atoms with Crippen LogP contribution in [0.25, 0.3) is 0 Å². The first-order chi connectivity index (χ1) is 14.0. The highest BCUT2D eigenvalue weighted by atomic mass is 19.1. The molecule has 3 rings (SSSR count). The van der Waals surface area contributed by atoms with Crippen LogP contribution in [0.2, 0.25) is 0 Å². The molecule has 0 heterocycles. The van der Waals surface area contributed by atoms with Gasteiger partial charge in [0, 0.05) is 23.7 Å². The number of methoxy groups -OCH3 is 1. The summed E-state index contributed by atoms with van der Waals surface area (Å²) in [6.07, 6.45) is 5.18. The van der Waals surface area contributed by atoms with E-state index in [1.165, 1.54) is 19.1 Å². The van der Waals surface area contributed by atoms with Crippen LogP contribution in [0.4, 0.5) is 4.39 Å². The van der Waals surface area contributed by atoms with Crippen molar-refractivity contribution in [1.82, 2.24) is 4.90 Å². The Labute approximate surface area is 171 Å². The summed E-state index contributed by atoms with van der Waals surface area (Å²) >= 11 is 0. The van der Waals surface area contributed by atoms with E-state index >= 15 is 0 Å². The van der Waals surface area contributed by atoms with Crippen LogP contribution in [0.15, 0.2) is 42.5 Å². The lowest BCUT2D eigenvalue weighted by molar-refractivity contribution is -0.132. The molecule has 0 spiro atoms. The second-order valence-corrected chi connectivity index (χ2v) is 7.66. The maximum Gasteiger partial charge on any atom is 0.227 e. The van der Waals surface area contributed by atoms with Gasteiger partial charge in [0.05, 0.1) is 13.5 Å². The third-order valence-electron chi connectivity index (χ3n) is 5.67. The van der Waals surface area contributed by atoms with Crippen LogP contribution in [-0.2, 0) is 17.6 Å². The fraction of sp³-hybridized carbons (Fsp3) is 0.417. The minimum Gasteiger partial charge on any atom is -0.496 e. The molecular formula is C24H28FNO3. The smallest absolute Gasteiger partial charge is 0.227 e. The standard InChI is InChI=1S/C24H28FNO3/c1-17(27)19-9-12-23(29-2)20(15-19)16-24(28)26(22-5-3-4-6-22)14-13-18-7-10-21(25)11-8-18/h7-12,15,22H,3-6,13-14,16H2,1-2H3. The molecule has 2 aromatic rings. The lowest BCUT2D eigenvalue weighted by atomic mass is 10.0. The van der Waals surface area contributed by atoms with E-state index in [0.717, 1.165) is 36.8 Å². The molecule has 5 heteroatoms. The molecule has 154 valence electrons. The predicted molar refractivity (Wildman–Crippen MR) is 111 cm³/mol. The topological polar surface area (TPSA) is 46.6 Å². The van der Waals surface area contributed by atoms with E-state index in [0.29, 0.717) is 24.3 Å². The summed E-state index contributed by atoms with van der Waals surface area (Å²) in [7, 11) is 1.57. The molecule has 1 fully saturated rings. The van der Waals surface area contributed by atoms with Gasteiger partial charge in [-0.2, -0.15) is 0 Å². The zero-order valence-corrected chi connectivity index (χ0v) is 17.1. The van der Waals surface area contributed by atoms with Gasteiger partial charge >= 0.3 is 0 Å². The van der Waals surface area contributed by atoms with Gasteiger partial charge in [-0.15, -0.1) is 0 Å². The Hall–Kier alpha value is -2.69. The van der Waals surface area contributed by atoms with Gasteiger partial charge in [0.25, 0.3) is 0 Å². The van der Waals surface area contributed by atoms with Crippen LogP contribution in [0.1, 0.15) is 54.1 Å². The van der Waals surface area contributed by atoms with Crippen molar-refractivity contribution in [2.75, 3.05) is 13.7 Å². The second-order valence-electron chi connectivity index (χ2n) is 7.66. The Morgan fingerprint density at radius 2 is 1.79 bits per heavy atom. The number of ketones is 1. The number of halogens is 1. The highest BCUT2D eigenvalue weighted by Crippen LogP contribution is 2.26. The van der Waals surface area contributed by atoms with E-state index in [4.69, 9.17) is 4.74 Å². The van der Waals surface area contributed by atoms with Gasteiger partial charge in [-0.05, 0) is 62.1 Å². The summed E-state index contributed by atoms with van der Waals surface area (Å²) in [5.41, 5.74) is 2.32. The number of ether oxygens (including phenoxy) is 1. The zero-order chi connectivity index (χ0) is 20.8. The normalized spacial score (nSPS) is 14.0. The van der Waals surface area contributed by atoms with E-state index in [1.807, 2.05) is 4.90 Å². The number of hydrogen-bond acceptors (Lipinski definition) is 3. The van der Waals surface area contributed by atoms with Crippen molar-refractivity contribution >= 4 is 11.7 Å². The molecule has 1 aliphatic carbocycles. The van der Waals surface area contributed by atoms with Gasteiger partial charge in [-0.3, -0.25) is 9.59 Å². The third-order valence-corrected chi connectivity index (χ3v) is 5.67. The minimum atomic E-state index is -0.255. The Morgan fingerprint density at radius 1 is 1.10 bits per heavy atom. The Balaban J connectivity index is 1.76. The number of amides is 1. The van der Waals surface area contributed by atoms with Crippen LogP contribution in [0.5, 0.6) is 5.75 Å². The molecule has 0 bridgehead atoms. The van der Waals surface area contributed by atoms with E-state index in [2.05, 4.69) is 0 Å². The summed E-state index contributed by atoms with van der Waals surface area (Å²) in [4.78, 5) is 27.0. The van der Waals surface area contributed by atoms with Crippen molar-refractivity contribution < 1.29 is 18.7 Å². The van der Waals surface area contributed by atoms with Crippen LogP contribution in [0, 0.1) is 5.82 Å². The summed E-state index contributed by atoms with van der Waals surface area (Å²) in [5, 5.41) is 0. The van der Waals surface area contributed by atoms with Crippen molar-refractivity contribution in [2.45, 2.75) is 51.5 Å². The Morgan fingerprint density at radius 3 is 2.41 bits per heavy atom. The molecular weight excluding hydrogens is 369 g/mol. The van der Waals surface area contributed by atoms with Crippen molar-refractivity contribution in [3.05, 3.63) is 65.0 Å². The first-order valence-corrected chi connectivity index (χ1v) is 10.2. The maximum absolute atomic E-state index is 13.2. The molecule has 0 unspecified atom stereocenters. The summed E-state index contributed by atoms with van der Waals surface area (Å²) in [6, 6.07) is 11.9. The van der Waals surface area contributed by atoms with E-state index in [1.54, 1.807) is 37.4 Å². The van der Waals surface area contributed by atoms with Crippen molar-refractivity contribution in [3.8, 4) is 5.75 Å². The maximum atomic E-state index is 13.2. The summed E-state index contributed by atoms with van der Waals surface area (Å²) in [6.45, 7) is 2.12. The molecule has 0 N–H and O–H groups in total. The molecule has 0 aromatic heterocycles. The molecule has 2 aromatic carbocycles. The van der Waals surface area contributed by atoms with Crippen molar-refractivity contribution in [1.29, 1.82) is 0 Å². The van der Waals surface area contributed by atoms with Crippen molar-refractivity contribution in [3.63, 3.8) is 0 Å². The molecule has 0 saturated heterocycles. The first-order valence-electron chi connectivity index (χ1n) is 10.2. The molecule has 29 heavy (non-hydrogen) atoms. The first kappa shape index (κ1) is 21.0. The summed E-state index contributed by atoms with van der Waals surface area (Å²) in [5.74, 6) is 0.367. The molecule has 1 aliphatic rings. The van der Waals surface area contributed by atoms with E-state index in [-0.39, 0.29) is 30.0 Å². The predicted octanol–water partition coefficient (Wildman–Crippen LogP) is 4.59. The van der Waals surface area contributed by atoms with Crippen LogP contribution >= 0.6 is 0 Å². The van der Waals surface area contributed by atoms with Gasteiger partial charge in [-0.25, -0.2) is 4.39 Å². The number of benzene rings is 2. The molecule has 0 aliphatic heterocycles.